The zero-order valence-corrected chi connectivity index (χ0v) is 31.6. The van der Waals surface area contributed by atoms with Crippen molar-refractivity contribution >= 4 is 47.2 Å². The number of benzene rings is 2. The molecule has 8 nitrogen and oxygen atoms in total. The molecule has 0 aromatic heterocycles. The number of Topliss-reactive ketones (excluding diaryl/α,β-unsaturated/α-hetero) is 1. The molecule has 0 unspecified atom stereocenters. The number of rotatable bonds is 13. The molecule has 0 amide bonds. The van der Waals surface area contributed by atoms with Crippen molar-refractivity contribution in [3.05, 3.63) is 46.5 Å². The predicted molar refractivity (Wildman–Crippen MR) is 189 cm³/mol. The summed E-state index contributed by atoms with van der Waals surface area (Å²) in [4.78, 5) is 49.9. The Morgan fingerprint density at radius 2 is 1.00 bits per heavy atom. The Kier molecular flexibility index (Phi) is 13.4. The Labute approximate surface area is 288 Å². The minimum Gasteiger partial charge on any atom is -0.481 e. The quantitative estimate of drug-likeness (QED) is 0.0915. The first-order valence-electron chi connectivity index (χ1n) is 15.8. The Bertz CT molecular complexity index is 1450. The van der Waals surface area contributed by atoms with Crippen LogP contribution in [0.2, 0.25) is 0 Å². The number of ketones is 1. The SMILES string of the molecule is Cc1cc(SC(C)(C)Sc2cc(C(C)(C)C)c(OC(=O)CCC(=O)O)c(C(C)(C)C)c2)cc(C(C)(C)C)c1OC(=O)CCC(=O)CO. The third kappa shape index (κ3) is 12.3. The van der Waals surface area contributed by atoms with Gasteiger partial charge in [-0.2, -0.15) is 0 Å². The predicted octanol–water partition coefficient (Wildman–Crippen LogP) is 8.53. The summed E-state index contributed by atoms with van der Waals surface area (Å²) in [6.07, 6.45) is -0.671. The molecule has 0 atom stereocenters. The Balaban J connectivity index is 2.51. The van der Waals surface area contributed by atoms with Gasteiger partial charge in [-0.15, -0.1) is 23.5 Å². The Morgan fingerprint density at radius 1 is 0.617 bits per heavy atom. The van der Waals surface area contributed by atoms with Gasteiger partial charge in [0, 0.05) is 32.9 Å². The van der Waals surface area contributed by atoms with Crippen molar-refractivity contribution < 1.29 is 38.9 Å². The maximum absolute atomic E-state index is 12.7. The second-order valence-corrected chi connectivity index (χ2v) is 19.0. The Morgan fingerprint density at radius 3 is 1.40 bits per heavy atom. The van der Waals surface area contributed by atoms with Crippen LogP contribution in [0.4, 0.5) is 0 Å². The van der Waals surface area contributed by atoms with Crippen molar-refractivity contribution in [2.75, 3.05) is 6.61 Å². The lowest BCUT2D eigenvalue weighted by molar-refractivity contribution is -0.142. The number of hydrogen-bond donors (Lipinski definition) is 2. The molecule has 0 saturated carbocycles. The summed E-state index contributed by atoms with van der Waals surface area (Å²) in [5.41, 5.74) is 2.35. The van der Waals surface area contributed by atoms with E-state index in [2.05, 4.69) is 94.4 Å². The number of ether oxygens (including phenoxy) is 2. The van der Waals surface area contributed by atoms with Gasteiger partial charge in [0.15, 0.2) is 5.78 Å². The molecule has 47 heavy (non-hydrogen) atoms. The number of carbonyl (C=O) groups excluding carboxylic acids is 3. The van der Waals surface area contributed by atoms with E-state index in [0.717, 1.165) is 32.0 Å². The number of esters is 2. The first kappa shape index (κ1) is 40.4. The molecule has 0 aliphatic rings. The minimum atomic E-state index is -1.05. The average Bonchev–Trinajstić information content (AvgIpc) is 2.90. The van der Waals surface area contributed by atoms with Crippen LogP contribution in [0, 0.1) is 6.92 Å². The van der Waals surface area contributed by atoms with E-state index >= 15 is 0 Å². The Hall–Kier alpha value is -2.82. The van der Waals surface area contributed by atoms with Gasteiger partial charge in [0.2, 0.25) is 0 Å². The number of aryl methyl sites for hydroxylation is 1. The van der Waals surface area contributed by atoms with Crippen molar-refractivity contribution in [2.45, 2.75) is 139 Å². The molecule has 0 spiro atoms. The number of aliphatic carboxylic acids is 1. The van der Waals surface area contributed by atoms with E-state index in [9.17, 15) is 19.2 Å². The van der Waals surface area contributed by atoms with Crippen LogP contribution in [0.15, 0.2) is 34.1 Å². The fourth-order valence-electron chi connectivity index (χ4n) is 4.83. The van der Waals surface area contributed by atoms with Gasteiger partial charge in [-0.1, -0.05) is 62.3 Å². The van der Waals surface area contributed by atoms with Crippen LogP contribution in [-0.4, -0.2) is 44.6 Å². The highest BCUT2D eigenvalue weighted by Gasteiger charge is 2.32. The van der Waals surface area contributed by atoms with Crippen LogP contribution >= 0.6 is 23.5 Å². The highest BCUT2D eigenvalue weighted by molar-refractivity contribution is 8.18. The topological polar surface area (TPSA) is 127 Å². The number of thioether (sulfide) groups is 2. The summed E-state index contributed by atoms with van der Waals surface area (Å²) in [7, 11) is 0. The van der Waals surface area contributed by atoms with Crippen molar-refractivity contribution in [2.24, 2.45) is 0 Å². The van der Waals surface area contributed by atoms with E-state index < -0.39 is 30.3 Å². The van der Waals surface area contributed by atoms with E-state index in [0.29, 0.717) is 11.5 Å². The third-order valence-electron chi connectivity index (χ3n) is 7.22. The number of hydrogen-bond acceptors (Lipinski definition) is 9. The molecule has 0 bridgehead atoms. The zero-order chi connectivity index (χ0) is 36.1. The van der Waals surface area contributed by atoms with Gasteiger partial charge in [-0.3, -0.25) is 19.2 Å². The highest BCUT2D eigenvalue weighted by Crippen LogP contribution is 2.50. The molecule has 0 radical (unpaired) electrons. The molecule has 260 valence electrons. The summed E-state index contributed by atoms with van der Waals surface area (Å²) in [5.74, 6) is -1.56. The van der Waals surface area contributed by atoms with Crippen LogP contribution < -0.4 is 9.47 Å². The monoisotopic (exact) mass is 688 g/mol. The smallest absolute Gasteiger partial charge is 0.311 e. The lowest BCUT2D eigenvalue weighted by Crippen LogP contribution is -2.22. The van der Waals surface area contributed by atoms with E-state index in [-0.39, 0.29) is 46.0 Å². The number of aliphatic hydroxyl groups excluding tert-OH is 1. The molecule has 10 heteroatoms. The second kappa shape index (κ2) is 15.6. The zero-order valence-electron chi connectivity index (χ0n) is 30.0. The summed E-state index contributed by atoms with van der Waals surface area (Å²) in [6, 6.07) is 8.20. The largest absolute Gasteiger partial charge is 0.481 e. The molecule has 0 aliphatic carbocycles. The molecule has 2 aromatic rings. The van der Waals surface area contributed by atoms with Gasteiger partial charge in [0.25, 0.3) is 0 Å². The first-order valence-corrected chi connectivity index (χ1v) is 17.4. The fraction of sp³-hybridized carbons (Fsp3) is 0.568. The van der Waals surface area contributed by atoms with Crippen molar-refractivity contribution in [3.8, 4) is 11.5 Å². The van der Waals surface area contributed by atoms with E-state index in [1.807, 2.05) is 13.0 Å². The van der Waals surface area contributed by atoms with Gasteiger partial charge >= 0.3 is 17.9 Å². The molecule has 0 fully saturated rings. The van der Waals surface area contributed by atoms with Gasteiger partial charge in [0.1, 0.15) is 18.1 Å². The summed E-state index contributed by atoms with van der Waals surface area (Å²) < 4.78 is 11.3. The molecule has 2 rings (SSSR count). The molecule has 0 aliphatic heterocycles. The van der Waals surface area contributed by atoms with Crippen molar-refractivity contribution in [1.82, 2.24) is 0 Å². The maximum Gasteiger partial charge on any atom is 0.311 e. The molecule has 0 saturated heterocycles. The normalized spacial score (nSPS) is 12.5. The van der Waals surface area contributed by atoms with E-state index in [1.165, 1.54) is 0 Å². The maximum atomic E-state index is 12.7. The summed E-state index contributed by atoms with van der Waals surface area (Å²) in [6.45, 7) is 24.1. The summed E-state index contributed by atoms with van der Waals surface area (Å²) >= 11 is 3.39. The lowest BCUT2D eigenvalue weighted by Gasteiger charge is -2.32. The lowest BCUT2D eigenvalue weighted by atomic mass is 9.79. The molecular weight excluding hydrogens is 637 g/mol. The van der Waals surface area contributed by atoms with E-state index in [1.54, 1.807) is 23.5 Å². The van der Waals surface area contributed by atoms with Crippen LogP contribution in [0.25, 0.3) is 0 Å². The highest BCUT2D eigenvalue weighted by atomic mass is 32.2. The fourth-order valence-corrected chi connectivity index (χ4v) is 7.47. The van der Waals surface area contributed by atoms with Crippen LogP contribution in [0.3, 0.4) is 0 Å². The van der Waals surface area contributed by atoms with E-state index in [4.69, 9.17) is 19.7 Å². The summed E-state index contributed by atoms with van der Waals surface area (Å²) in [5, 5.41) is 18.0. The van der Waals surface area contributed by atoms with Gasteiger partial charge in [0.05, 0.1) is 23.3 Å². The average molecular weight is 689 g/mol. The van der Waals surface area contributed by atoms with Crippen molar-refractivity contribution in [1.29, 1.82) is 0 Å². The number of aliphatic hydroxyl groups is 1. The third-order valence-corrected chi connectivity index (χ3v) is 9.65. The first-order chi connectivity index (χ1) is 21.3. The van der Waals surface area contributed by atoms with Gasteiger partial charge < -0.3 is 19.7 Å². The molecular formula is C37H52O8S2. The number of carboxylic acid groups (broad SMARTS) is 1. The van der Waals surface area contributed by atoms with Crippen molar-refractivity contribution in [3.63, 3.8) is 0 Å². The number of carboxylic acids is 1. The van der Waals surface area contributed by atoms with Gasteiger partial charge in [-0.25, -0.2) is 0 Å². The van der Waals surface area contributed by atoms with Crippen LogP contribution in [-0.2, 0) is 35.4 Å². The number of carbonyl (C=O) groups is 4. The standard InChI is InChI=1S/C37H52O8S2/c1-22-17-24(18-26(34(2,3)4)32(22)44-30(42)15-13-23(39)21-38)46-37(11,12)47-25-19-27(35(5,6)7)33(28(20-25)36(8,9)10)45-31(43)16-14-29(40)41/h17-20,38H,13-16,21H2,1-12H3,(H,40,41). The van der Waals surface area contributed by atoms with Gasteiger partial charge in [-0.05, 0) is 66.8 Å². The molecule has 2 aromatic carbocycles. The minimum absolute atomic E-state index is 0.0689. The van der Waals surface area contributed by atoms with Crippen LogP contribution in [0.1, 0.15) is 124 Å². The molecule has 0 heterocycles. The molecule has 2 N–H and O–H groups in total. The second-order valence-electron chi connectivity index (χ2n) is 15.4. The van der Waals surface area contributed by atoms with Crippen LogP contribution in [0.5, 0.6) is 11.5 Å².